The van der Waals surface area contributed by atoms with Crippen LogP contribution in [0.1, 0.15) is 17.3 Å². The number of carboxylic acid groups (broad SMARTS) is 1. The summed E-state index contributed by atoms with van der Waals surface area (Å²) in [6.45, 7) is 1.88. The lowest BCUT2D eigenvalue weighted by atomic mass is 10.2. The third-order valence-corrected chi connectivity index (χ3v) is 2.03. The van der Waals surface area contributed by atoms with Crippen molar-refractivity contribution < 1.29 is 24.2 Å². The molecule has 0 aliphatic carbocycles. The topological polar surface area (TPSA) is 92.7 Å². The molecule has 0 spiro atoms. The third-order valence-electron chi connectivity index (χ3n) is 2.03. The lowest BCUT2D eigenvalue weighted by molar-refractivity contribution is -0.137. The van der Waals surface area contributed by atoms with Gasteiger partial charge < -0.3 is 15.2 Å². The number of anilines is 1. The summed E-state index contributed by atoms with van der Waals surface area (Å²) in [4.78, 5) is 33.2. The van der Waals surface area contributed by atoms with Crippen molar-refractivity contribution in [2.45, 2.75) is 6.92 Å². The first-order chi connectivity index (χ1) is 9.02. The zero-order valence-corrected chi connectivity index (χ0v) is 10.3. The number of carbonyl (C=O) groups excluding carboxylic acids is 2. The minimum Gasteiger partial charge on any atom is -0.478 e. The molecule has 0 atom stereocenters. The Kier molecular flexibility index (Phi) is 5.28. The van der Waals surface area contributed by atoms with Gasteiger partial charge >= 0.3 is 11.9 Å². The molecule has 6 heteroatoms. The summed E-state index contributed by atoms with van der Waals surface area (Å²) in [7, 11) is 0. The van der Waals surface area contributed by atoms with Crippen molar-refractivity contribution in [2.75, 3.05) is 11.9 Å². The summed E-state index contributed by atoms with van der Waals surface area (Å²) in [6, 6.07) is 5.78. The smallest absolute Gasteiger partial charge is 0.335 e. The summed E-state index contributed by atoms with van der Waals surface area (Å²) in [5.74, 6) is -2.24. The van der Waals surface area contributed by atoms with Crippen LogP contribution < -0.4 is 5.32 Å². The maximum Gasteiger partial charge on any atom is 0.335 e. The van der Waals surface area contributed by atoms with Crippen molar-refractivity contribution in [3.05, 3.63) is 42.0 Å². The van der Waals surface area contributed by atoms with E-state index in [2.05, 4.69) is 10.1 Å². The number of rotatable bonds is 5. The molecule has 0 saturated heterocycles. The quantitative estimate of drug-likeness (QED) is 0.619. The first-order valence-corrected chi connectivity index (χ1v) is 5.52. The van der Waals surface area contributed by atoms with Crippen molar-refractivity contribution in [2.24, 2.45) is 0 Å². The van der Waals surface area contributed by atoms with E-state index < -0.39 is 17.8 Å². The second kappa shape index (κ2) is 6.95. The molecule has 0 unspecified atom stereocenters. The molecular formula is C13H13NO5. The number of nitrogens with one attached hydrogen (secondary N) is 1. The Labute approximate surface area is 109 Å². The van der Waals surface area contributed by atoms with Crippen LogP contribution in [-0.2, 0) is 14.3 Å². The number of amides is 1. The number of benzene rings is 1. The van der Waals surface area contributed by atoms with Crippen LogP contribution in [0.15, 0.2) is 36.4 Å². The van der Waals surface area contributed by atoms with Crippen LogP contribution in [0.2, 0.25) is 0 Å². The van der Waals surface area contributed by atoms with Gasteiger partial charge in [0.2, 0.25) is 5.91 Å². The fourth-order valence-electron chi connectivity index (χ4n) is 1.25. The summed E-state index contributed by atoms with van der Waals surface area (Å²) >= 11 is 0. The van der Waals surface area contributed by atoms with Crippen LogP contribution in [0.4, 0.5) is 5.69 Å². The van der Waals surface area contributed by atoms with E-state index in [0.717, 1.165) is 12.2 Å². The summed E-state index contributed by atoms with van der Waals surface area (Å²) in [5, 5.41) is 11.2. The molecule has 19 heavy (non-hydrogen) atoms. The fourth-order valence-corrected chi connectivity index (χ4v) is 1.25. The summed E-state index contributed by atoms with van der Waals surface area (Å²) < 4.78 is 4.61. The molecule has 0 aliphatic rings. The molecule has 2 N–H and O–H groups in total. The van der Waals surface area contributed by atoms with Gasteiger partial charge in [0, 0.05) is 17.8 Å². The average molecular weight is 263 g/mol. The van der Waals surface area contributed by atoms with Crippen LogP contribution in [0.3, 0.4) is 0 Å². The predicted octanol–water partition coefficient (Wildman–Crippen LogP) is 1.44. The van der Waals surface area contributed by atoms with E-state index in [0.29, 0.717) is 5.69 Å². The standard InChI is InChI=1S/C13H13NO5/c1-2-19-12(16)7-6-11(15)14-10-5-3-4-9(8-10)13(17)18/h3-8H,2H2,1H3,(H,14,15)(H,17,18)/b7-6+. The van der Waals surface area contributed by atoms with E-state index in [4.69, 9.17) is 5.11 Å². The number of aromatic carboxylic acids is 1. The molecule has 0 heterocycles. The van der Waals surface area contributed by atoms with E-state index in [-0.39, 0.29) is 12.2 Å². The molecule has 0 fully saturated rings. The van der Waals surface area contributed by atoms with Crippen LogP contribution >= 0.6 is 0 Å². The molecule has 1 aromatic carbocycles. The Hall–Kier alpha value is -2.63. The number of esters is 1. The Morgan fingerprint density at radius 2 is 2.05 bits per heavy atom. The Bertz CT molecular complexity index is 522. The Morgan fingerprint density at radius 3 is 2.68 bits per heavy atom. The van der Waals surface area contributed by atoms with Gasteiger partial charge in [-0.3, -0.25) is 4.79 Å². The molecule has 0 radical (unpaired) electrons. The molecule has 0 bridgehead atoms. The van der Waals surface area contributed by atoms with E-state index in [1.54, 1.807) is 13.0 Å². The highest BCUT2D eigenvalue weighted by atomic mass is 16.5. The van der Waals surface area contributed by atoms with Gasteiger partial charge in [-0.2, -0.15) is 0 Å². The van der Waals surface area contributed by atoms with Crippen LogP contribution in [0.5, 0.6) is 0 Å². The maximum atomic E-state index is 11.4. The minimum atomic E-state index is -1.09. The fraction of sp³-hybridized carbons (Fsp3) is 0.154. The van der Waals surface area contributed by atoms with Gasteiger partial charge in [-0.15, -0.1) is 0 Å². The lowest BCUT2D eigenvalue weighted by Gasteiger charge is -2.03. The van der Waals surface area contributed by atoms with E-state index in [1.807, 2.05) is 0 Å². The number of hydrogen-bond acceptors (Lipinski definition) is 4. The third kappa shape index (κ3) is 5.03. The van der Waals surface area contributed by atoms with Crippen molar-refractivity contribution in [1.82, 2.24) is 0 Å². The zero-order chi connectivity index (χ0) is 14.3. The number of carbonyl (C=O) groups is 3. The Morgan fingerprint density at radius 1 is 1.32 bits per heavy atom. The van der Waals surface area contributed by atoms with E-state index in [1.165, 1.54) is 18.2 Å². The van der Waals surface area contributed by atoms with Crippen LogP contribution in [0, 0.1) is 0 Å². The lowest BCUT2D eigenvalue weighted by Crippen LogP contribution is -2.10. The zero-order valence-electron chi connectivity index (χ0n) is 10.3. The normalized spacial score (nSPS) is 10.2. The molecule has 6 nitrogen and oxygen atoms in total. The summed E-state index contributed by atoms with van der Waals surface area (Å²) in [5.41, 5.74) is 0.394. The molecule has 100 valence electrons. The second-order valence-corrected chi connectivity index (χ2v) is 3.46. The number of hydrogen-bond donors (Lipinski definition) is 2. The highest BCUT2D eigenvalue weighted by Gasteiger charge is 2.05. The molecule has 0 saturated carbocycles. The molecular weight excluding hydrogens is 250 g/mol. The molecule has 1 rings (SSSR count). The largest absolute Gasteiger partial charge is 0.478 e. The highest BCUT2D eigenvalue weighted by Crippen LogP contribution is 2.10. The van der Waals surface area contributed by atoms with Gasteiger partial charge in [0.1, 0.15) is 0 Å². The second-order valence-electron chi connectivity index (χ2n) is 3.46. The Balaban J connectivity index is 2.64. The van der Waals surface area contributed by atoms with Gasteiger partial charge in [-0.05, 0) is 25.1 Å². The molecule has 0 aliphatic heterocycles. The predicted molar refractivity (Wildman–Crippen MR) is 67.8 cm³/mol. The first-order valence-electron chi connectivity index (χ1n) is 5.52. The van der Waals surface area contributed by atoms with Crippen LogP contribution in [-0.4, -0.2) is 29.6 Å². The van der Waals surface area contributed by atoms with E-state index >= 15 is 0 Å². The number of ether oxygens (including phenoxy) is 1. The maximum absolute atomic E-state index is 11.4. The first kappa shape index (κ1) is 14.4. The van der Waals surface area contributed by atoms with Crippen molar-refractivity contribution >= 4 is 23.5 Å². The van der Waals surface area contributed by atoms with Gasteiger partial charge in [-0.25, -0.2) is 9.59 Å². The highest BCUT2D eigenvalue weighted by molar-refractivity contribution is 6.03. The monoisotopic (exact) mass is 263 g/mol. The average Bonchev–Trinajstić information content (AvgIpc) is 2.37. The molecule has 0 aromatic heterocycles. The van der Waals surface area contributed by atoms with Crippen molar-refractivity contribution in [1.29, 1.82) is 0 Å². The SMILES string of the molecule is CCOC(=O)/C=C/C(=O)Nc1cccc(C(=O)O)c1. The van der Waals surface area contributed by atoms with Gasteiger partial charge in [0.25, 0.3) is 0 Å². The minimum absolute atomic E-state index is 0.0622. The van der Waals surface area contributed by atoms with Gasteiger partial charge in [0.05, 0.1) is 12.2 Å². The van der Waals surface area contributed by atoms with Crippen molar-refractivity contribution in [3.8, 4) is 0 Å². The summed E-state index contributed by atoms with van der Waals surface area (Å²) in [6.07, 6.45) is 2.02. The molecule has 1 amide bonds. The van der Waals surface area contributed by atoms with Gasteiger partial charge in [0.15, 0.2) is 0 Å². The van der Waals surface area contributed by atoms with E-state index in [9.17, 15) is 14.4 Å². The van der Waals surface area contributed by atoms with Crippen molar-refractivity contribution in [3.63, 3.8) is 0 Å². The number of carboxylic acids is 1. The van der Waals surface area contributed by atoms with Crippen LogP contribution in [0.25, 0.3) is 0 Å². The molecule has 1 aromatic rings. The van der Waals surface area contributed by atoms with Gasteiger partial charge in [-0.1, -0.05) is 6.07 Å².